The van der Waals surface area contributed by atoms with Gasteiger partial charge in [-0.05, 0) is 13.0 Å². The first-order valence-corrected chi connectivity index (χ1v) is 4.68. The Kier molecular flexibility index (Phi) is 2.53. The maximum Gasteiger partial charge on any atom is 0.192 e. The van der Waals surface area contributed by atoms with E-state index in [1.54, 1.807) is 6.92 Å². The van der Waals surface area contributed by atoms with E-state index in [2.05, 4.69) is 10.2 Å². The van der Waals surface area contributed by atoms with Crippen LogP contribution in [0.5, 0.6) is 5.75 Å². The SMILES string of the molecule is CCOc1c(NO)cc2c(N)n[nH]c2c1F. The van der Waals surface area contributed by atoms with Crippen molar-refractivity contribution in [3.05, 3.63) is 11.9 Å². The summed E-state index contributed by atoms with van der Waals surface area (Å²) in [5, 5.41) is 15.4. The summed E-state index contributed by atoms with van der Waals surface area (Å²) in [7, 11) is 0. The number of fused-ring (bicyclic) bond motifs is 1. The first-order chi connectivity index (χ1) is 7.69. The van der Waals surface area contributed by atoms with Gasteiger partial charge in [0.1, 0.15) is 11.2 Å². The number of aromatic nitrogens is 2. The number of aromatic amines is 1. The molecule has 0 radical (unpaired) electrons. The maximum absolute atomic E-state index is 13.9. The molecule has 0 saturated carbocycles. The average Bonchev–Trinajstić information content (AvgIpc) is 2.64. The first-order valence-electron chi connectivity index (χ1n) is 4.68. The molecule has 86 valence electrons. The molecule has 2 rings (SSSR count). The lowest BCUT2D eigenvalue weighted by atomic mass is 10.2. The fourth-order valence-electron chi connectivity index (χ4n) is 1.49. The van der Waals surface area contributed by atoms with Gasteiger partial charge in [0, 0.05) is 5.39 Å². The highest BCUT2D eigenvalue weighted by Gasteiger charge is 2.17. The van der Waals surface area contributed by atoms with Crippen LogP contribution < -0.4 is 16.0 Å². The number of H-pyrrole nitrogens is 1. The first kappa shape index (κ1) is 10.5. The molecule has 0 fully saturated rings. The molecule has 0 atom stereocenters. The Balaban J connectivity index is 2.73. The molecule has 16 heavy (non-hydrogen) atoms. The molecule has 0 unspecified atom stereocenters. The van der Waals surface area contributed by atoms with E-state index in [-0.39, 0.29) is 29.4 Å². The molecule has 1 heterocycles. The summed E-state index contributed by atoms with van der Waals surface area (Å²) in [4.78, 5) is 0. The summed E-state index contributed by atoms with van der Waals surface area (Å²) in [6.07, 6.45) is 0. The Labute approximate surface area is 90.2 Å². The van der Waals surface area contributed by atoms with Crippen LogP contribution in [0.25, 0.3) is 10.9 Å². The summed E-state index contributed by atoms with van der Waals surface area (Å²) in [5.41, 5.74) is 7.67. The molecule has 0 aliphatic rings. The lowest BCUT2D eigenvalue weighted by Crippen LogP contribution is -2.01. The lowest BCUT2D eigenvalue weighted by Gasteiger charge is -2.10. The van der Waals surface area contributed by atoms with Crippen LogP contribution in [0.15, 0.2) is 6.07 Å². The number of halogens is 1. The van der Waals surface area contributed by atoms with Crippen LogP contribution in [-0.2, 0) is 0 Å². The number of hydrogen-bond acceptors (Lipinski definition) is 5. The summed E-state index contributed by atoms with van der Waals surface area (Å²) in [6.45, 7) is 1.99. The standard InChI is InChI=1S/C9H11FN4O2/c1-2-16-8-5(14-15)3-4-7(6(8)10)12-13-9(4)11/h3,14-15H,2H2,1H3,(H3,11,12,13). The Bertz CT molecular complexity index is 526. The molecule has 7 heteroatoms. The van der Waals surface area contributed by atoms with Gasteiger partial charge in [0.05, 0.1) is 6.61 Å². The third-order valence-corrected chi connectivity index (χ3v) is 2.19. The van der Waals surface area contributed by atoms with Crippen molar-refractivity contribution in [1.82, 2.24) is 10.2 Å². The van der Waals surface area contributed by atoms with Gasteiger partial charge in [-0.2, -0.15) is 5.10 Å². The van der Waals surface area contributed by atoms with Gasteiger partial charge in [-0.25, -0.2) is 4.39 Å². The van der Waals surface area contributed by atoms with Crippen molar-refractivity contribution in [1.29, 1.82) is 0 Å². The summed E-state index contributed by atoms with van der Waals surface area (Å²) >= 11 is 0. The third-order valence-electron chi connectivity index (χ3n) is 2.19. The van der Waals surface area contributed by atoms with Crippen molar-refractivity contribution in [2.75, 3.05) is 17.8 Å². The average molecular weight is 226 g/mol. The van der Waals surface area contributed by atoms with E-state index in [1.807, 2.05) is 5.48 Å². The normalized spacial score (nSPS) is 10.7. The quantitative estimate of drug-likeness (QED) is 0.594. The number of anilines is 2. The summed E-state index contributed by atoms with van der Waals surface area (Å²) in [6, 6.07) is 1.46. The second kappa shape index (κ2) is 3.86. The fourth-order valence-corrected chi connectivity index (χ4v) is 1.49. The van der Waals surface area contributed by atoms with Crippen LogP contribution >= 0.6 is 0 Å². The molecule has 0 saturated heterocycles. The number of nitrogens with two attached hydrogens (primary N) is 1. The van der Waals surface area contributed by atoms with Crippen LogP contribution in [0.3, 0.4) is 0 Å². The molecular formula is C9H11FN4O2. The Morgan fingerprint density at radius 2 is 2.44 bits per heavy atom. The smallest absolute Gasteiger partial charge is 0.192 e. The van der Waals surface area contributed by atoms with E-state index in [4.69, 9.17) is 15.7 Å². The molecule has 0 amide bonds. The van der Waals surface area contributed by atoms with E-state index < -0.39 is 5.82 Å². The van der Waals surface area contributed by atoms with Crippen molar-refractivity contribution >= 4 is 22.4 Å². The molecular weight excluding hydrogens is 215 g/mol. The largest absolute Gasteiger partial charge is 0.489 e. The zero-order valence-electron chi connectivity index (χ0n) is 8.54. The topological polar surface area (TPSA) is 96.2 Å². The van der Waals surface area contributed by atoms with Gasteiger partial charge >= 0.3 is 0 Å². The number of ether oxygens (including phenoxy) is 1. The van der Waals surface area contributed by atoms with Gasteiger partial charge in [0.15, 0.2) is 17.4 Å². The van der Waals surface area contributed by atoms with Crippen molar-refractivity contribution in [3.63, 3.8) is 0 Å². The zero-order chi connectivity index (χ0) is 11.7. The zero-order valence-corrected chi connectivity index (χ0v) is 8.54. The minimum Gasteiger partial charge on any atom is -0.489 e. The predicted octanol–water partition coefficient (Wildman–Crippen LogP) is 1.48. The second-order valence-electron chi connectivity index (χ2n) is 3.14. The number of nitrogens with one attached hydrogen (secondary N) is 2. The number of hydrogen-bond donors (Lipinski definition) is 4. The van der Waals surface area contributed by atoms with E-state index in [0.29, 0.717) is 5.39 Å². The highest BCUT2D eigenvalue weighted by atomic mass is 19.1. The van der Waals surface area contributed by atoms with E-state index >= 15 is 0 Å². The van der Waals surface area contributed by atoms with E-state index in [9.17, 15) is 4.39 Å². The molecule has 0 aliphatic heterocycles. The van der Waals surface area contributed by atoms with Crippen LogP contribution in [0, 0.1) is 5.82 Å². The highest BCUT2D eigenvalue weighted by Crippen LogP contribution is 2.35. The minimum absolute atomic E-state index is 0.0684. The van der Waals surface area contributed by atoms with Gasteiger partial charge in [-0.3, -0.25) is 15.8 Å². The molecule has 6 nitrogen and oxygen atoms in total. The molecule has 2 aromatic rings. The van der Waals surface area contributed by atoms with Crippen molar-refractivity contribution in [2.24, 2.45) is 0 Å². The van der Waals surface area contributed by atoms with Gasteiger partial charge < -0.3 is 10.5 Å². The van der Waals surface area contributed by atoms with Crippen LogP contribution in [0.1, 0.15) is 6.92 Å². The van der Waals surface area contributed by atoms with Gasteiger partial charge in [0.25, 0.3) is 0 Å². The Hall–Kier alpha value is -2.02. The molecule has 1 aromatic carbocycles. The minimum atomic E-state index is -0.639. The van der Waals surface area contributed by atoms with E-state index in [0.717, 1.165) is 0 Å². The number of nitrogen functional groups attached to an aromatic ring is 1. The van der Waals surface area contributed by atoms with Crippen LogP contribution in [0.2, 0.25) is 0 Å². The number of benzene rings is 1. The number of rotatable bonds is 3. The third kappa shape index (κ3) is 1.41. The van der Waals surface area contributed by atoms with Crippen LogP contribution in [0.4, 0.5) is 15.9 Å². The summed E-state index contributed by atoms with van der Waals surface area (Å²) < 4.78 is 19.0. The fraction of sp³-hybridized carbons (Fsp3) is 0.222. The Morgan fingerprint density at radius 3 is 3.06 bits per heavy atom. The molecule has 1 aromatic heterocycles. The predicted molar refractivity (Wildman–Crippen MR) is 57.0 cm³/mol. The van der Waals surface area contributed by atoms with Crippen LogP contribution in [-0.4, -0.2) is 22.0 Å². The van der Waals surface area contributed by atoms with Crippen molar-refractivity contribution in [3.8, 4) is 5.75 Å². The molecule has 5 N–H and O–H groups in total. The highest BCUT2D eigenvalue weighted by molar-refractivity contribution is 5.93. The van der Waals surface area contributed by atoms with Crippen molar-refractivity contribution < 1.29 is 14.3 Å². The maximum atomic E-state index is 13.9. The lowest BCUT2D eigenvalue weighted by molar-refractivity contribution is 0.316. The molecule has 0 bridgehead atoms. The van der Waals surface area contributed by atoms with Crippen molar-refractivity contribution in [2.45, 2.75) is 6.92 Å². The van der Waals surface area contributed by atoms with Gasteiger partial charge in [0.2, 0.25) is 0 Å². The van der Waals surface area contributed by atoms with Gasteiger partial charge in [-0.15, -0.1) is 0 Å². The molecule has 0 spiro atoms. The van der Waals surface area contributed by atoms with Gasteiger partial charge in [-0.1, -0.05) is 0 Å². The number of nitrogens with zero attached hydrogens (tertiary/aromatic N) is 1. The second-order valence-corrected chi connectivity index (χ2v) is 3.14. The van der Waals surface area contributed by atoms with E-state index in [1.165, 1.54) is 6.07 Å². The Morgan fingerprint density at radius 1 is 1.69 bits per heavy atom. The monoisotopic (exact) mass is 226 g/mol. The summed E-state index contributed by atoms with van der Waals surface area (Å²) in [5.74, 6) is -0.547. The molecule has 0 aliphatic carbocycles.